The second-order valence-corrected chi connectivity index (χ2v) is 6.93. The summed E-state index contributed by atoms with van der Waals surface area (Å²) < 4.78 is 0. The first-order valence-corrected chi connectivity index (χ1v) is 9.82. The molecule has 0 saturated heterocycles. The second kappa shape index (κ2) is 10.5. The molecule has 32 heavy (non-hydrogen) atoms. The lowest BCUT2D eigenvalue weighted by atomic mass is 9.90. The molecule has 0 saturated carbocycles. The topological polar surface area (TPSA) is 113 Å². The summed E-state index contributed by atoms with van der Waals surface area (Å²) in [6, 6.07) is 24.5. The summed E-state index contributed by atoms with van der Waals surface area (Å²) >= 11 is 0. The van der Waals surface area contributed by atoms with E-state index < -0.39 is 16.7 Å². The number of benzene rings is 3. The van der Waals surface area contributed by atoms with Gasteiger partial charge in [0.15, 0.2) is 0 Å². The predicted octanol–water partition coefficient (Wildman–Crippen LogP) is 3.13. The van der Waals surface area contributed by atoms with Gasteiger partial charge in [0.2, 0.25) is 5.91 Å². The Balaban J connectivity index is 1.58. The van der Waals surface area contributed by atoms with Gasteiger partial charge < -0.3 is 5.32 Å². The molecule has 0 aliphatic carbocycles. The van der Waals surface area contributed by atoms with Crippen LogP contribution in [0.3, 0.4) is 0 Å². The number of hydrogen-bond acceptors (Lipinski definition) is 5. The van der Waals surface area contributed by atoms with E-state index in [1.54, 1.807) is 6.07 Å². The Hall–Kier alpha value is -4.46. The number of carbonyl (C=O) groups excluding carboxylic acids is 2. The highest BCUT2D eigenvalue weighted by atomic mass is 16.6. The number of rotatable bonds is 9. The molecule has 0 unspecified atom stereocenters. The highest BCUT2D eigenvalue weighted by Crippen LogP contribution is 2.24. The van der Waals surface area contributed by atoms with E-state index in [0.29, 0.717) is 5.56 Å². The van der Waals surface area contributed by atoms with Crippen LogP contribution in [0.2, 0.25) is 0 Å². The number of nitro benzene ring substituents is 1. The summed E-state index contributed by atoms with van der Waals surface area (Å²) in [5.74, 6) is -1.36. The zero-order chi connectivity index (χ0) is 22.9. The van der Waals surface area contributed by atoms with Gasteiger partial charge in [-0.05, 0) is 11.1 Å². The first-order chi connectivity index (χ1) is 15.5. The lowest BCUT2D eigenvalue weighted by Gasteiger charge is -2.18. The van der Waals surface area contributed by atoms with Crippen LogP contribution in [0.4, 0.5) is 5.69 Å². The van der Waals surface area contributed by atoms with E-state index in [0.717, 1.165) is 11.1 Å². The van der Waals surface area contributed by atoms with Crippen LogP contribution in [0.5, 0.6) is 0 Å². The smallest absolute Gasteiger partial charge is 0.270 e. The van der Waals surface area contributed by atoms with E-state index in [9.17, 15) is 19.7 Å². The first-order valence-electron chi connectivity index (χ1n) is 9.82. The lowest BCUT2D eigenvalue weighted by molar-refractivity contribution is -0.384. The van der Waals surface area contributed by atoms with Crippen molar-refractivity contribution in [3.05, 3.63) is 118 Å². The van der Waals surface area contributed by atoms with Crippen molar-refractivity contribution in [1.29, 1.82) is 0 Å². The Bertz CT molecular complexity index is 1080. The van der Waals surface area contributed by atoms with E-state index in [1.807, 2.05) is 60.7 Å². The van der Waals surface area contributed by atoms with Crippen LogP contribution in [0, 0.1) is 10.1 Å². The molecule has 2 amide bonds. The van der Waals surface area contributed by atoms with Gasteiger partial charge in [0.25, 0.3) is 11.6 Å². The van der Waals surface area contributed by atoms with E-state index in [4.69, 9.17) is 0 Å². The highest BCUT2D eigenvalue weighted by molar-refractivity contribution is 5.90. The molecule has 8 heteroatoms. The van der Waals surface area contributed by atoms with Gasteiger partial charge in [-0.2, -0.15) is 0 Å². The minimum absolute atomic E-state index is 0.0862. The number of hydrazine groups is 1. The van der Waals surface area contributed by atoms with Crippen molar-refractivity contribution in [2.45, 2.75) is 5.92 Å². The van der Waals surface area contributed by atoms with Crippen LogP contribution in [-0.2, 0) is 9.59 Å². The van der Waals surface area contributed by atoms with E-state index >= 15 is 0 Å². The van der Waals surface area contributed by atoms with E-state index in [1.165, 1.54) is 18.2 Å². The van der Waals surface area contributed by atoms with Crippen LogP contribution in [0.1, 0.15) is 22.6 Å². The van der Waals surface area contributed by atoms with Gasteiger partial charge in [0.05, 0.1) is 23.1 Å². The Morgan fingerprint density at radius 2 is 1.47 bits per heavy atom. The molecule has 0 bridgehead atoms. The van der Waals surface area contributed by atoms with E-state index in [-0.39, 0.29) is 23.8 Å². The van der Waals surface area contributed by atoms with Crippen LogP contribution in [-0.4, -0.2) is 23.3 Å². The average molecular weight is 430 g/mol. The number of nitrogens with one attached hydrogen (secondary N) is 3. The number of amides is 2. The van der Waals surface area contributed by atoms with E-state index in [2.05, 4.69) is 22.7 Å². The van der Waals surface area contributed by atoms with Gasteiger partial charge in [0.1, 0.15) is 0 Å². The summed E-state index contributed by atoms with van der Waals surface area (Å²) in [5.41, 5.74) is 7.32. The molecule has 0 atom stereocenters. The lowest BCUT2D eigenvalue weighted by Crippen LogP contribution is -2.44. The molecule has 0 heterocycles. The first kappa shape index (κ1) is 22.2. The molecular formula is C24H22N4O4. The SMILES string of the molecule is C=C(NNC(=O)CNC(=O)C(c1ccccc1)c1ccccc1)c1cccc([N+](=O)[O-])c1. The van der Waals surface area contributed by atoms with Crippen molar-refractivity contribution < 1.29 is 14.5 Å². The Morgan fingerprint density at radius 3 is 2.03 bits per heavy atom. The number of carbonyl (C=O) groups is 2. The molecule has 3 rings (SSSR count). The third kappa shape index (κ3) is 5.79. The minimum atomic E-state index is -0.557. The molecule has 0 spiro atoms. The molecule has 0 aliphatic heterocycles. The molecule has 162 valence electrons. The third-order valence-electron chi connectivity index (χ3n) is 4.71. The van der Waals surface area contributed by atoms with Gasteiger partial charge in [-0.1, -0.05) is 79.4 Å². The van der Waals surface area contributed by atoms with Crippen LogP contribution in [0.15, 0.2) is 91.5 Å². The summed E-state index contributed by atoms with van der Waals surface area (Å²) in [6.07, 6.45) is 0. The molecule has 0 radical (unpaired) electrons. The van der Waals surface area contributed by atoms with Crippen LogP contribution < -0.4 is 16.2 Å². The largest absolute Gasteiger partial charge is 0.346 e. The van der Waals surface area contributed by atoms with Gasteiger partial charge in [0, 0.05) is 17.7 Å². The standard InChI is InChI=1S/C24H22N4O4/c1-17(20-13-8-14-21(15-20)28(31)32)26-27-22(29)16-25-24(30)23(18-9-4-2-5-10-18)19-11-6-3-7-12-19/h2-15,23,26H,1,16H2,(H,25,30)(H,27,29). The number of hydrogen-bond donors (Lipinski definition) is 3. The number of non-ortho nitro benzene ring substituents is 1. The Kier molecular flexibility index (Phi) is 7.32. The van der Waals surface area contributed by atoms with Crippen molar-refractivity contribution >= 4 is 23.2 Å². The van der Waals surface area contributed by atoms with Gasteiger partial charge >= 0.3 is 0 Å². The summed E-state index contributed by atoms with van der Waals surface area (Å²) in [6.45, 7) is 3.50. The molecule has 3 N–H and O–H groups in total. The molecule has 0 aliphatic rings. The fraction of sp³-hybridized carbons (Fsp3) is 0.0833. The van der Waals surface area contributed by atoms with Gasteiger partial charge in [-0.25, -0.2) is 0 Å². The maximum absolute atomic E-state index is 12.9. The fourth-order valence-corrected chi connectivity index (χ4v) is 3.12. The average Bonchev–Trinajstić information content (AvgIpc) is 2.82. The predicted molar refractivity (Wildman–Crippen MR) is 121 cm³/mol. The van der Waals surface area contributed by atoms with Crippen LogP contribution in [0.25, 0.3) is 5.70 Å². The Labute approximate surface area is 185 Å². The molecule has 3 aromatic carbocycles. The van der Waals surface area contributed by atoms with Gasteiger partial charge in [-0.15, -0.1) is 0 Å². The van der Waals surface area contributed by atoms with Crippen molar-refractivity contribution in [3.8, 4) is 0 Å². The van der Waals surface area contributed by atoms with Crippen molar-refractivity contribution in [2.24, 2.45) is 0 Å². The number of nitrogens with zero attached hydrogens (tertiary/aromatic N) is 1. The quantitative estimate of drug-likeness (QED) is 0.357. The third-order valence-corrected chi connectivity index (χ3v) is 4.71. The molecular weight excluding hydrogens is 408 g/mol. The zero-order valence-corrected chi connectivity index (χ0v) is 17.2. The second-order valence-electron chi connectivity index (χ2n) is 6.93. The summed E-state index contributed by atoms with van der Waals surface area (Å²) in [4.78, 5) is 35.5. The molecule has 0 fully saturated rings. The van der Waals surface area contributed by atoms with Crippen molar-refractivity contribution in [2.75, 3.05) is 6.54 Å². The highest BCUT2D eigenvalue weighted by Gasteiger charge is 2.22. The fourth-order valence-electron chi connectivity index (χ4n) is 3.12. The van der Waals surface area contributed by atoms with Crippen molar-refractivity contribution in [3.63, 3.8) is 0 Å². The Morgan fingerprint density at radius 1 is 0.875 bits per heavy atom. The zero-order valence-electron chi connectivity index (χ0n) is 17.2. The molecule has 3 aromatic rings. The normalized spacial score (nSPS) is 10.3. The molecule has 0 aromatic heterocycles. The maximum Gasteiger partial charge on any atom is 0.270 e. The summed E-state index contributed by atoms with van der Waals surface area (Å²) in [7, 11) is 0. The van der Waals surface area contributed by atoms with Gasteiger partial charge in [-0.3, -0.25) is 30.6 Å². The summed E-state index contributed by atoms with van der Waals surface area (Å²) in [5, 5.41) is 13.6. The van der Waals surface area contributed by atoms with Crippen molar-refractivity contribution in [1.82, 2.24) is 16.2 Å². The number of nitro groups is 1. The molecule has 8 nitrogen and oxygen atoms in total. The monoisotopic (exact) mass is 430 g/mol. The minimum Gasteiger partial charge on any atom is -0.346 e. The van der Waals surface area contributed by atoms with Crippen LogP contribution >= 0.6 is 0 Å². The maximum atomic E-state index is 12.9.